The fraction of sp³-hybridized carbons (Fsp3) is 0.712. The Morgan fingerprint density at radius 2 is 0.912 bits per heavy atom. The van der Waals surface area contributed by atoms with Gasteiger partial charge in [-0.05, 0) is 89.9 Å². The number of rotatable bonds is 49. The lowest BCUT2D eigenvalue weighted by Crippen LogP contribution is -2.45. The highest BCUT2D eigenvalue weighted by Gasteiger charge is 2.23. The van der Waals surface area contributed by atoms with E-state index in [2.05, 4.69) is 104 Å². The molecule has 0 aliphatic rings. The first-order valence-electron chi connectivity index (χ1n) is 27.6. The van der Waals surface area contributed by atoms with Crippen molar-refractivity contribution >= 4 is 13.7 Å². The predicted molar refractivity (Wildman–Crippen MR) is 293 cm³/mol. The number of aliphatic hydroxyl groups is 1. The molecule has 0 saturated heterocycles. The van der Waals surface area contributed by atoms with Gasteiger partial charge >= 0.3 is 0 Å². The van der Waals surface area contributed by atoms with Gasteiger partial charge < -0.3 is 28.8 Å². The Bertz CT molecular complexity index is 1420. The number of phosphoric ester groups is 1. The summed E-state index contributed by atoms with van der Waals surface area (Å²) < 4.78 is 23.3. The second kappa shape index (κ2) is 49.4. The third kappa shape index (κ3) is 51.3. The topological polar surface area (TPSA) is 108 Å². The van der Waals surface area contributed by atoms with Crippen LogP contribution in [0.25, 0.3) is 0 Å². The second-order valence-corrected chi connectivity index (χ2v) is 20.9. The summed E-state index contributed by atoms with van der Waals surface area (Å²) >= 11 is 0. The van der Waals surface area contributed by atoms with Crippen LogP contribution < -0.4 is 10.2 Å². The molecule has 8 nitrogen and oxygen atoms in total. The zero-order chi connectivity index (χ0) is 49.9. The highest BCUT2D eigenvalue weighted by atomic mass is 31.2. The molecule has 0 aromatic rings. The summed E-state index contributed by atoms with van der Waals surface area (Å²) in [6.07, 6.45) is 70.5. The molecule has 0 aromatic carbocycles. The van der Waals surface area contributed by atoms with Crippen LogP contribution in [0.5, 0.6) is 0 Å². The van der Waals surface area contributed by atoms with E-state index in [1.807, 2.05) is 27.2 Å². The van der Waals surface area contributed by atoms with Crippen LogP contribution in [0.1, 0.15) is 219 Å². The summed E-state index contributed by atoms with van der Waals surface area (Å²) in [5.41, 5.74) is 0. The van der Waals surface area contributed by atoms with Crippen molar-refractivity contribution in [3.63, 3.8) is 0 Å². The summed E-state index contributed by atoms with van der Waals surface area (Å²) in [6, 6.07) is -0.916. The number of amides is 1. The molecule has 3 unspecified atom stereocenters. The summed E-state index contributed by atoms with van der Waals surface area (Å²) in [7, 11) is 1.22. The van der Waals surface area contributed by atoms with E-state index in [0.717, 1.165) is 77.0 Å². The number of aliphatic hydroxyl groups excluding tert-OH is 1. The molecule has 0 aliphatic heterocycles. The minimum atomic E-state index is -4.61. The zero-order valence-electron chi connectivity index (χ0n) is 44.5. The lowest BCUT2D eigenvalue weighted by Gasteiger charge is -2.29. The van der Waals surface area contributed by atoms with Crippen molar-refractivity contribution in [1.82, 2.24) is 5.32 Å². The van der Waals surface area contributed by atoms with Crippen molar-refractivity contribution in [2.24, 2.45) is 0 Å². The molecule has 0 saturated carbocycles. The van der Waals surface area contributed by atoms with Crippen LogP contribution in [0.3, 0.4) is 0 Å². The first kappa shape index (κ1) is 65.4. The fourth-order valence-electron chi connectivity index (χ4n) is 7.45. The fourth-order valence-corrected chi connectivity index (χ4v) is 8.17. The third-order valence-electron chi connectivity index (χ3n) is 11.8. The number of nitrogens with zero attached hydrogens (tertiary/aromatic N) is 1. The molecule has 0 radical (unpaired) electrons. The van der Waals surface area contributed by atoms with Gasteiger partial charge in [0.05, 0.1) is 39.9 Å². The number of hydrogen-bond donors (Lipinski definition) is 2. The minimum Gasteiger partial charge on any atom is -0.756 e. The maximum Gasteiger partial charge on any atom is 0.268 e. The van der Waals surface area contributed by atoms with Crippen LogP contribution in [-0.2, 0) is 18.4 Å². The number of phosphoric acid groups is 1. The molecule has 0 bridgehead atoms. The number of nitrogens with one attached hydrogen (secondary N) is 1. The molecule has 392 valence electrons. The number of carbonyl (C=O) groups is 1. The highest BCUT2D eigenvalue weighted by Crippen LogP contribution is 2.38. The minimum absolute atomic E-state index is 0.0132. The van der Waals surface area contributed by atoms with Crippen molar-refractivity contribution in [3.8, 4) is 0 Å². The number of unbranched alkanes of at least 4 members (excludes halogenated alkanes) is 22. The number of likely N-dealkylation sites (N-methyl/N-ethyl adjacent to an activating group) is 1. The van der Waals surface area contributed by atoms with Gasteiger partial charge in [-0.15, -0.1) is 0 Å². The lowest BCUT2D eigenvalue weighted by molar-refractivity contribution is -0.870. The molecular formula is C59H105N2O6P. The summed E-state index contributed by atoms with van der Waals surface area (Å²) in [5.74, 6) is -0.216. The van der Waals surface area contributed by atoms with Crippen molar-refractivity contribution in [3.05, 3.63) is 97.2 Å². The van der Waals surface area contributed by atoms with Gasteiger partial charge in [0, 0.05) is 6.42 Å². The second-order valence-electron chi connectivity index (χ2n) is 19.5. The maximum atomic E-state index is 12.9. The van der Waals surface area contributed by atoms with E-state index >= 15 is 0 Å². The number of quaternary nitrogens is 1. The van der Waals surface area contributed by atoms with E-state index < -0.39 is 26.6 Å². The van der Waals surface area contributed by atoms with Crippen LogP contribution in [0.4, 0.5) is 0 Å². The van der Waals surface area contributed by atoms with E-state index in [-0.39, 0.29) is 12.5 Å². The summed E-state index contributed by atoms with van der Waals surface area (Å²) in [5, 5.41) is 13.8. The monoisotopic (exact) mass is 969 g/mol. The lowest BCUT2D eigenvalue weighted by atomic mass is 10.0. The maximum absolute atomic E-state index is 12.9. The molecular weight excluding hydrogens is 864 g/mol. The van der Waals surface area contributed by atoms with E-state index in [1.54, 1.807) is 6.08 Å². The van der Waals surface area contributed by atoms with Crippen LogP contribution in [-0.4, -0.2) is 68.5 Å². The molecule has 1 amide bonds. The van der Waals surface area contributed by atoms with E-state index in [1.165, 1.54) is 122 Å². The summed E-state index contributed by atoms with van der Waals surface area (Å²) in [4.78, 5) is 25.5. The average molecular weight is 969 g/mol. The predicted octanol–water partition coefficient (Wildman–Crippen LogP) is 16.0. The van der Waals surface area contributed by atoms with Crippen molar-refractivity contribution in [2.45, 2.75) is 231 Å². The third-order valence-corrected chi connectivity index (χ3v) is 12.7. The smallest absolute Gasteiger partial charge is 0.268 e. The molecule has 9 heteroatoms. The van der Waals surface area contributed by atoms with Gasteiger partial charge in [0.1, 0.15) is 13.2 Å². The Kier molecular flexibility index (Phi) is 47.5. The molecule has 2 N–H and O–H groups in total. The van der Waals surface area contributed by atoms with Gasteiger partial charge in [0.25, 0.3) is 7.82 Å². The van der Waals surface area contributed by atoms with Crippen LogP contribution >= 0.6 is 7.82 Å². The molecule has 0 rings (SSSR count). The number of allylic oxidation sites excluding steroid dienone is 15. The largest absolute Gasteiger partial charge is 0.756 e. The van der Waals surface area contributed by atoms with Crippen LogP contribution in [0.2, 0.25) is 0 Å². The quantitative estimate of drug-likeness (QED) is 0.0272. The average Bonchev–Trinajstić information content (AvgIpc) is 3.30. The van der Waals surface area contributed by atoms with E-state index in [4.69, 9.17) is 9.05 Å². The highest BCUT2D eigenvalue weighted by molar-refractivity contribution is 7.45. The standard InChI is InChI=1S/C59H105N2O6P/c1-6-8-10-12-14-16-18-20-22-24-25-26-27-28-29-30-31-32-33-34-35-37-39-41-43-45-47-49-51-53-59(63)60-57(56-67-68(64,65)66-55-54-61(3,4)5)58(62)52-50-48-46-44-42-40-38-36-23-21-19-17-15-13-11-9-7-2/h8,10,14,16,20,22-23,25-26,28-29,36,42,44,50,52,57-58,62H,6-7,9,11-13,15,17-19,21,24,27,30-35,37-41,43,45-49,51,53-56H2,1-5H3,(H-,60,63,64,65)/b10-8-,16-14-,22-20-,26-25-,29-28-,36-23+,44-42+,52-50+. The van der Waals surface area contributed by atoms with Crippen molar-refractivity contribution < 1.29 is 32.9 Å². The Labute approximate surface area is 419 Å². The SMILES string of the molecule is CC/C=C\C/C=C\C/C=C\C/C=C\C/C=C\CCCCCCCCCCCCCCCC(=O)NC(COP(=O)([O-])OCC[N+](C)(C)C)C(O)/C=C/CC/C=C/CC/C=C/CCCCCCCCC. The van der Waals surface area contributed by atoms with Gasteiger partial charge in [0.15, 0.2) is 0 Å². The van der Waals surface area contributed by atoms with Gasteiger partial charge in [-0.3, -0.25) is 9.36 Å². The summed E-state index contributed by atoms with van der Waals surface area (Å²) in [6.45, 7) is 4.49. The Hall–Kier alpha value is -2.58. The van der Waals surface area contributed by atoms with E-state index in [9.17, 15) is 19.4 Å². The molecule has 68 heavy (non-hydrogen) atoms. The molecule has 0 fully saturated rings. The normalized spacial score (nSPS) is 14.8. The van der Waals surface area contributed by atoms with E-state index in [0.29, 0.717) is 17.4 Å². The zero-order valence-corrected chi connectivity index (χ0v) is 45.4. The first-order chi connectivity index (χ1) is 33.0. The Morgan fingerprint density at radius 1 is 0.529 bits per heavy atom. The molecule has 3 atom stereocenters. The van der Waals surface area contributed by atoms with Crippen LogP contribution in [0.15, 0.2) is 97.2 Å². The van der Waals surface area contributed by atoms with Gasteiger partial charge in [-0.2, -0.15) is 0 Å². The van der Waals surface area contributed by atoms with Crippen LogP contribution in [0, 0.1) is 0 Å². The van der Waals surface area contributed by atoms with Gasteiger partial charge in [-0.1, -0.05) is 220 Å². The van der Waals surface area contributed by atoms with Gasteiger partial charge in [0.2, 0.25) is 5.91 Å². The number of hydrogen-bond acceptors (Lipinski definition) is 6. The Balaban J connectivity index is 4.25. The molecule has 0 heterocycles. The van der Waals surface area contributed by atoms with Crippen molar-refractivity contribution in [2.75, 3.05) is 40.9 Å². The molecule has 0 aliphatic carbocycles. The van der Waals surface area contributed by atoms with Gasteiger partial charge in [-0.25, -0.2) is 0 Å². The number of carbonyl (C=O) groups excluding carboxylic acids is 1. The van der Waals surface area contributed by atoms with Crippen molar-refractivity contribution in [1.29, 1.82) is 0 Å². The molecule has 0 aromatic heterocycles. The first-order valence-corrected chi connectivity index (χ1v) is 29.1. The molecule has 0 spiro atoms. The Morgan fingerprint density at radius 3 is 1.37 bits per heavy atom.